The molecule has 0 radical (unpaired) electrons. The standard InChI is InChI=1S/C12H19N3O2/c1-8(2)11(16)7-14-12(17)15-10-4-5-13-9(3)6-10/h4-6,8,11,16H,7H2,1-3H3,(H2,13,14,15,17)/t11-/m1/s1. The van der Waals surface area contributed by atoms with Gasteiger partial charge in [0.25, 0.3) is 0 Å². The second kappa shape index (κ2) is 6.20. The van der Waals surface area contributed by atoms with Gasteiger partial charge in [-0.2, -0.15) is 0 Å². The van der Waals surface area contributed by atoms with Crippen LogP contribution in [0.4, 0.5) is 10.5 Å². The van der Waals surface area contributed by atoms with Gasteiger partial charge >= 0.3 is 6.03 Å². The third-order valence-corrected chi connectivity index (χ3v) is 2.40. The number of urea groups is 1. The number of carbonyl (C=O) groups is 1. The summed E-state index contributed by atoms with van der Waals surface area (Å²) in [5, 5.41) is 14.8. The van der Waals surface area contributed by atoms with Crippen LogP contribution in [0.1, 0.15) is 19.5 Å². The van der Waals surface area contributed by atoms with Gasteiger partial charge in [0.15, 0.2) is 0 Å². The van der Waals surface area contributed by atoms with Crippen molar-refractivity contribution in [2.45, 2.75) is 26.9 Å². The number of aliphatic hydroxyl groups is 1. The second-order valence-corrected chi connectivity index (χ2v) is 4.33. The summed E-state index contributed by atoms with van der Waals surface area (Å²) in [6.45, 7) is 5.89. The van der Waals surface area contributed by atoms with Crippen molar-refractivity contribution in [3.8, 4) is 0 Å². The SMILES string of the molecule is Cc1cc(NC(=O)NC[C@@H](O)C(C)C)ccn1. The molecule has 1 rings (SSSR count). The highest BCUT2D eigenvalue weighted by Crippen LogP contribution is 2.06. The first-order valence-corrected chi connectivity index (χ1v) is 5.64. The molecule has 0 aliphatic heterocycles. The number of nitrogens with zero attached hydrogens (tertiary/aromatic N) is 1. The first kappa shape index (κ1) is 13.4. The van der Waals surface area contributed by atoms with Crippen molar-refractivity contribution in [2.24, 2.45) is 5.92 Å². The van der Waals surface area contributed by atoms with E-state index in [1.54, 1.807) is 18.3 Å². The molecular formula is C12H19N3O2. The summed E-state index contributed by atoms with van der Waals surface area (Å²) in [5.74, 6) is 0.124. The lowest BCUT2D eigenvalue weighted by molar-refractivity contribution is 0.126. The zero-order valence-electron chi connectivity index (χ0n) is 10.4. The maximum atomic E-state index is 11.5. The Balaban J connectivity index is 2.40. The number of aromatic nitrogens is 1. The van der Waals surface area contributed by atoms with Crippen LogP contribution in [0.2, 0.25) is 0 Å². The Kier molecular flexibility index (Phi) is 4.90. The van der Waals surface area contributed by atoms with Crippen molar-refractivity contribution in [1.82, 2.24) is 10.3 Å². The molecule has 0 spiro atoms. The Labute approximate surface area is 101 Å². The van der Waals surface area contributed by atoms with E-state index < -0.39 is 6.10 Å². The zero-order chi connectivity index (χ0) is 12.8. The van der Waals surface area contributed by atoms with E-state index in [1.165, 1.54) is 0 Å². The molecule has 0 bridgehead atoms. The predicted octanol–water partition coefficient (Wildman–Crippen LogP) is 1.53. The van der Waals surface area contributed by atoms with Crippen LogP contribution in [0.15, 0.2) is 18.3 Å². The number of hydrogen-bond acceptors (Lipinski definition) is 3. The fourth-order valence-corrected chi connectivity index (χ4v) is 1.23. The summed E-state index contributed by atoms with van der Waals surface area (Å²) in [6.07, 6.45) is 1.11. The molecule has 0 unspecified atom stereocenters. The molecule has 5 nitrogen and oxygen atoms in total. The van der Waals surface area contributed by atoms with Crippen LogP contribution < -0.4 is 10.6 Å². The van der Waals surface area contributed by atoms with Gasteiger partial charge < -0.3 is 15.7 Å². The van der Waals surface area contributed by atoms with Crippen molar-refractivity contribution >= 4 is 11.7 Å². The van der Waals surface area contributed by atoms with Gasteiger partial charge in [0, 0.05) is 24.1 Å². The van der Waals surface area contributed by atoms with Gasteiger partial charge in [-0.05, 0) is 25.0 Å². The van der Waals surface area contributed by atoms with E-state index in [9.17, 15) is 9.90 Å². The molecule has 2 amide bonds. The van der Waals surface area contributed by atoms with Crippen LogP contribution in [0.3, 0.4) is 0 Å². The van der Waals surface area contributed by atoms with E-state index in [0.29, 0.717) is 5.69 Å². The number of amides is 2. The summed E-state index contributed by atoms with van der Waals surface area (Å²) >= 11 is 0. The highest BCUT2D eigenvalue weighted by atomic mass is 16.3. The van der Waals surface area contributed by atoms with Gasteiger partial charge in [0.2, 0.25) is 0 Å². The van der Waals surface area contributed by atoms with Crippen molar-refractivity contribution in [3.05, 3.63) is 24.0 Å². The monoisotopic (exact) mass is 237 g/mol. The molecule has 1 heterocycles. The minimum Gasteiger partial charge on any atom is -0.391 e. The molecule has 17 heavy (non-hydrogen) atoms. The summed E-state index contributed by atoms with van der Waals surface area (Å²) in [4.78, 5) is 15.5. The van der Waals surface area contributed by atoms with Crippen molar-refractivity contribution in [3.63, 3.8) is 0 Å². The highest BCUT2D eigenvalue weighted by molar-refractivity contribution is 5.89. The molecule has 1 atom stereocenters. The van der Waals surface area contributed by atoms with Crippen LogP contribution in [0.25, 0.3) is 0 Å². The summed E-state index contributed by atoms with van der Waals surface area (Å²) in [7, 11) is 0. The van der Waals surface area contributed by atoms with Crippen LogP contribution in [-0.2, 0) is 0 Å². The number of anilines is 1. The Morgan fingerprint density at radius 2 is 2.24 bits per heavy atom. The molecule has 0 aliphatic rings. The minimum absolute atomic E-state index is 0.124. The third-order valence-electron chi connectivity index (χ3n) is 2.40. The normalized spacial score (nSPS) is 12.3. The van der Waals surface area contributed by atoms with Crippen molar-refractivity contribution in [1.29, 1.82) is 0 Å². The van der Waals surface area contributed by atoms with Gasteiger partial charge in [-0.3, -0.25) is 4.98 Å². The summed E-state index contributed by atoms with van der Waals surface area (Å²) < 4.78 is 0. The molecule has 3 N–H and O–H groups in total. The fourth-order valence-electron chi connectivity index (χ4n) is 1.23. The number of aryl methyl sites for hydroxylation is 1. The van der Waals surface area contributed by atoms with Gasteiger partial charge in [0.1, 0.15) is 0 Å². The second-order valence-electron chi connectivity index (χ2n) is 4.33. The molecule has 94 valence electrons. The topological polar surface area (TPSA) is 74.2 Å². The zero-order valence-corrected chi connectivity index (χ0v) is 10.4. The highest BCUT2D eigenvalue weighted by Gasteiger charge is 2.10. The number of carbonyl (C=O) groups excluding carboxylic acids is 1. The smallest absolute Gasteiger partial charge is 0.319 e. The van der Waals surface area contributed by atoms with Gasteiger partial charge in [-0.25, -0.2) is 4.79 Å². The molecule has 5 heteroatoms. The summed E-state index contributed by atoms with van der Waals surface area (Å²) in [5.41, 5.74) is 1.53. The lowest BCUT2D eigenvalue weighted by Gasteiger charge is -2.15. The molecule has 0 aromatic carbocycles. The first-order valence-electron chi connectivity index (χ1n) is 5.64. The lowest BCUT2D eigenvalue weighted by atomic mass is 10.1. The van der Waals surface area contributed by atoms with E-state index in [-0.39, 0.29) is 18.5 Å². The molecule has 0 aliphatic carbocycles. The van der Waals surface area contributed by atoms with E-state index in [2.05, 4.69) is 15.6 Å². The Morgan fingerprint density at radius 1 is 1.53 bits per heavy atom. The Bertz CT molecular complexity index is 380. The molecule has 0 saturated carbocycles. The molecule has 1 aromatic heterocycles. The fraction of sp³-hybridized carbons (Fsp3) is 0.500. The van der Waals surface area contributed by atoms with Crippen LogP contribution in [0.5, 0.6) is 0 Å². The molecular weight excluding hydrogens is 218 g/mol. The number of aliphatic hydroxyl groups excluding tert-OH is 1. The molecule has 0 saturated heterocycles. The lowest BCUT2D eigenvalue weighted by Crippen LogP contribution is -2.37. The average Bonchev–Trinajstić information content (AvgIpc) is 2.25. The van der Waals surface area contributed by atoms with Crippen LogP contribution in [0, 0.1) is 12.8 Å². The van der Waals surface area contributed by atoms with Crippen LogP contribution in [-0.4, -0.2) is 28.8 Å². The maximum absolute atomic E-state index is 11.5. The number of nitrogens with one attached hydrogen (secondary N) is 2. The predicted molar refractivity (Wildman–Crippen MR) is 66.8 cm³/mol. The Morgan fingerprint density at radius 3 is 2.82 bits per heavy atom. The van der Waals surface area contributed by atoms with Gasteiger partial charge in [-0.1, -0.05) is 13.8 Å². The first-order chi connectivity index (χ1) is 7.99. The van der Waals surface area contributed by atoms with Crippen molar-refractivity contribution in [2.75, 3.05) is 11.9 Å². The quantitative estimate of drug-likeness (QED) is 0.743. The maximum Gasteiger partial charge on any atom is 0.319 e. The van der Waals surface area contributed by atoms with E-state index in [0.717, 1.165) is 5.69 Å². The van der Waals surface area contributed by atoms with Crippen LogP contribution >= 0.6 is 0 Å². The third kappa shape index (κ3) is 4.82. The number of hydrogen-bond donors (Lipinski definition) is 3. The van der Waals surface area contributed by atoms with E-state index in [1.807, 2.05) is 20.8 Å². The molecule has 0 fully saturated rings. The molecule has 1 aromatic rings. The largest absolute Gasteiger partial charge is 0.391 e. The number of rotatable bonds is 4. The summed E-state index contributed by atoms with van der Waals surface area (Å²) in [6, 6.07) is 3.17. The van der Waals surface area contributed by atoms with E-state index in [4.69, 9.17) is 0 Å². The van der Waals surface area contributed by atoms with Gasteiger partial charge in [0.05, 0.1) is 6.10 Å². The van der Waals surface area contributed by atoms with Gasteiger partial charge in [-0.15, -0.1) is 0 Å². The van der Waals surface area contributed by atoms with E-state index >= 15 is 0 Å². The van der Waals surface area contributed by atoms with Crippen molar-refractivity contribution < 1.29 is 9.90 Å². The minimum atomic E-state index is -0.528. The Hall–Kier alpha value is -1.62. The average molecular weight is 237 g/mol. The number of pyridine rings is 1.